The summed E-state index contributed by atoms with van der Waals surface area (Å²) in [6.45, 7) is 8.57. The van der Waals surface area contributed by atoms with Crippen molar-refractivity contribution in [3.63, 3.8) is 0 Å². The average molecular weight is 180 g/mol. The highest BCUT2D eigenvalue weighted by Gasteiger charge is 2.31. The van der Waals surface area contributed by atoms with Crippen molar-refractivity contribution >= 4 is 0 Å². The van der Waals surface area contributed by atoms with Crippen LogP contribution in [0.2, 0.25) is 0 Å². The van der Waals surface area contributed by atoms with Crippen LogP contribution < -0.4 is 0 Å². The molecule has 2 atom stereocenters. The van der Waals surface area contributed by atoms with Crippen LogP contribution in [0.4, 0.5) is 0 Å². The fraction of sp³-hybridized carbons (Fsp3) is 0.833. The fourth-order valence-electron chi connectivity index (χ4n) is 2.65. The van der Waals surface area contributed by atoms with Gasteiger partial charge in [-0.15, -0.1) is 0 Å². The molecule has 1 aliphatic carbocycles. The van der Waals surface area contributed by atoms with Crippen molar-refractivity contribution in [1.82, 2.24) is 0 Å². The first-order valence-corrected chi connectivity index (χ1v) is 5.53. The molecule has 1 aliphatic heterocycles. The molecule has 74 valence electrons. The lowest BCUT2D eigenvalue weighted by Gasteiger charge is -2.34. The smallest absolute Gasteiger partial charge is 0.0522 e. The van der Waals surface area contributed by atoms with Crippen molar-refractivity contribution in [2.45, 2.75) is 32.6 Å². The molecule has 1 saturated carbocycles. The Hall–Kier alpha value is -0.300. The first kappa shape index (κ1) is 9.26. The molecule has 2 rings (SSSR count). The van der Waals surface area contributed by atoms with Gasteiger partial charge in [0.15, 0.2) is 0 Å². The number of hydrogen-bond donors (Lipinski definition) is 0. The number of allylic oxidation sites excluding steroid dienone is 1. The van der Waals surface area contributed by atoms with Gasteiger partial charge >= 0.3 is 0 Å². The molecule has 0 spiro atoms. The zero-order chi connectivity index (χ0) is 9.26. The fourth-order valence-corrected chi connectivity index (χ4v) is 2.65. The maximum Gasteiger partial charge on any atom is 0.0522 e. The Morgan fingerprint density at radius 3 is 2.69 bits per heavy atom. The largest absolute Gasteiger partial charge is 0.381 e. The van der Waals surface area contributed by atoms with Crippen LogP contribution >= 0.6 is 0 Å². The molecule has 0 aromatic heterocycles. The first-order valence-electron chi connectivity index (χ1n) is 5.53. The zero-order valence-electron chi connectivity index (χ0n) is 8.59. The molecular formula is C12H20O. The summed E-state index contributed by atoms with van der Waals surface area (Å²) in [6, 6.07) is 0. The van der Waals surface area contributed by atoms with Crippen molar-refractivity contribution in [3.8, 4) is 0 Å². The predicted molar refractivity (Wildman–Crippen MR) is 54.6 cm³/mol. The van der Waals surface area contributed by atoms with Crippen molar-refractivity contribution in [2.24, 2.45) is 17.8 Å². The van der Waals surface area contributed by atoms with Crippen LogP contribution in [0.25, 0.3) is 0 Å². The summed E-state index contributed by atoms with van der Waals surface area (Å²) < 4.78 is 5.26. The highest BCUT2D eigenvalue weighted by Crippen LogP contribution is 2.37. The van der Waals surface area contributed by atoms with Crippen LogP contribution in [0, 0.1) is 17.8 Å². The number of ether oxygens (including phenoxy) is 1. The van der Waals surface area contributed by atoms with E-state index in [0.29, 0.717) is 0 Å². The molecule has 0 aromatic carbocycles. The maximum atomic E-state index is 5.26. The van der Waals surface area contributed by atoms with Gasteiger partial charge in [0, 0.05) is 5.92 Å². The van der Waals surface area contributed by atoms with Gasteiger partial charge in [0.05, 0.1) is 13.2 Å². The summed E-state index contributed by atoms with van der Waals surface area (Å²) in [7, 11) is 0. The number of rotatable bonds is 1. The molecular weight excluding hydrogens is 160 g/mol. The second-order valence-electron chi connectivity index (χ2n) is 4.80. The van der Waals surface area contributed by atoms with Crippen molar-refractivity contribution in [1.29, 1.82) is 0 Å². The van der Waals surface area contributed by atoms with E-state index in [-0.39, 0.29) is 0 Å². The highest BCUT2D eigenvalue weighted by atomic mass is 16.5. The molecule has 1 nitrogen and oxygen atoms in total. The molecule has 1 heterocycles. The molecule has 1 heteroatoms. The standard InChI is InChI=1S/C12H20O/c1-9-4-3-5-12(10(2)6-9)11-7-13-8-11/h9,11-12H,2-8H2,1H3. The van der Waals surface area contributed by atoms with Crippen molar-refractivity contribution < 1.29 is 4.74 Å². The third kappa shape index (κ3) is 1.96. The van der Waals surface area contributed by atoms with Crippen LogP contribution in [-0.4, -0.2) is 13.2 Å². The van der Waals surface area contributed by atoms with Gasteiger partial charge < -0.3 is 4.74 Å². The van der Waals surface area contributed by atoms with E-state index < -0.39 is 0 Å². The van der Waals surface area contributed by atoms with E-state index in [0.717, 1.165) is 31.0 Å². The Kier molecular flexibility index (Phi) is 2.73. The van der Waals surface area contributed by atoms with Crippen LogP contribution in [0.5, 0.6) is 0 Å². The summed E-state index contributed by atoms with van der Waals surface area (Å²) in [6.07, 6.45) is 5.39. The van der Waals surface area contributed by atoms with E-state index in [2.05, 4.69) is 13.5 Å². The molecule has 2 unspecified atom stereocenters. The van der Waals surface area contributed by atoms with E-state index in [9.17, 15) is 0 Å². The van der Waals surface area contributed by atoms with E-state index >= 15 is 0 Å². The van der Waals surface area contributed by atoms with Crippen LogP contribution in [-0.2, 0) is 4.74 Å². The molecule has 0 N–H and O–H groups in total. The lowest BCUT2D eigenvalue weighted by atomic mass is 9.81. The van der Waals surface area contributed by atoms with Crippen LogP contribution in [0.3, 0.4) is 0 Å². The van der Waals surface area contributed by atoms with E-state index in [1.54, 1.807) is 0 Å². The highest BCUT2D eigenvalue weighted by molar-refractivity contribution is 5.06. The Labute approximate surface area is 81.2 Å². The SMILES string of the molecule is C=C1CC(C)CCCC1C1COC1. The molecule has 1 saturated heterocycles. The summed E-state index contributed by atoms with van der Waals surface area (Å²) in [5.41, 5.74) is 1.50. The molecule has 0 bridgehead atoms. The third-order valence-electron chi connectivity index (χ3n) is 3.58. The Balaban J connectivity index is 1.96. The second kappa shape index (κ2) is 3.83. The Morgan fingerprint density at radius 1 is 1.31 bits per heavy atom. The molecule has 0 radical (unpaired) electrons. The van der Waals surface area contributed by atoms with Gasteiger partial charge in [0.1, 0.15) is 0 Å². The average Bonchev–Trinajstić information content (AvgIpc) is 2.11. The summed E-state index contributed by atoms with van der Waals surface area (Å²) in [5, 5.41) is 0. The van der Waals surface area contributed by atoms with Gasteiger partial charge in [0.2, 0.25) is 0 Å². The normalized spacial score (nSPS) is 36.8. The lowest BCUT2D eigenvalue weighted by molar-refractivity contribution is -0.0549. The van der Waals surface area contributed by atoms with Crippen LogP contribution in [0.1, 0.15) is 32.6 Å². The van der Waals surface area contributed by atoms with Gasteiger partial charge in [-0.1, -0.05) is 31.9 Å². The van der Waals surface area contributed by atoms with Crippen molar-refractivity contribution in [2.75, 3.05) is 13.2 Å². The van der Waals surface area contributed by atoms with E-state index in [1.807, 2.05) is 0 Å². The van der Waals surface area contributed by atoms with E-state index in [4.69, 9.17) is 4.74 Å². The minimum Gasteiger partial charge on any atom is -0.381 e. The third-order valence-corrected chi connectivity index (χ3v) is 3.58. The van der Waals surface area contributed by atoms with Gasteiger partial charge in [-0.2, -0.15) is 0 Å². The minimum atomic E-state index is 0.777. The Bertz CT molecular complexity index is 193. The van der Waals surface area contributed by atoms with Crippen LogP contribution in [0.15, 0.2) is 12.2 Å². The molecule has 2 aliphatic rings. The van der Waals surface area contributed by atoms with Crippen molar-refractivity contribution in [3.05, 3.63) is 12.2 Å². The topological polar surface area (TPSA) is 9.23 Å². The Morgan fingerprint density at radius 2 is 2.08 bits per heavy atom. The number of hydrogen-bond acceptors (Lipinski definition) is 1. The first-order chi connectivity index (χ1) is 6.27. The lowest BCUT2D eigenvalue weighted by Crippen LogP contribution is -2.34. The maximum absolute atomic E-state index is 5.26. The summed E-state index contributed by atoms with van der Waals surface area (Å²) >= 11 is 0. The zero-order valence-corrected chi connectivity index (χ0v) is 8.59. The van der Waals surface area contributed by atoms with Gasteiger partial charge in [-0.25, -0.2) is 0 Å². The molecule has 2 fully saturated rings. The monoisotopic (exact) mass is 180 g/mol. The van der Waals surface area contributed by atoms with E-state index in [1.165, 1.54) is 31.3 Å². The minimum absolute atomic E-state index is 0.777. The molecule has 0 aromatic rings. The summed E-state index contributed by atoms with van der Waals surface area (Å²) in [5.74, 6) is 2.44. The van der Waals surface area contributed by atoms with Gasteiger partial charge in [-0.05, 0) is 24.7 Å². The second-order valence-corrected chi connectivity index (χ2v) is 4.80. The van der Waals surface area contributed by atoms with Gasteiger partial charge in [0.25, 0.3) is 0 Å². The molecule has 13 heavy (non-hydrogen) atoms. The quantitative estimate of drug-likeness (QED) is 0.445. The molecule has 0 amide bonds. The predicted octanol–water partition coefficient (Wildman–Crippen LogP) is 3.02. The summed E-state index contributed by atoms with van der Waals surface area (Å²) in [4.78, 5) is 0. The van der Waals surface area contributed by atoms with Gasteiger partial charge in [-0.3, -0.25) is 0 Å².